The molecule has 0 amide bonds. The molecular formula is C27H26N6. The molecule has 0 radical (unpaired) electrons. The molecule has 6 heteroatoms. The number of nitrogens with zero attached hydrogens (tertiary/aromatic N) is 4. The summed E-state index contributed by atoms with van der Waals surface area (Å²) in [5.41, 5.74) is 6.38. The molecule has 6 nitrogen and oxygen atoms in total. The number of para-hydroxylation sites is 1. The highest BCUT2D eigenvalue weighted by atomic mass is 15.3. The number of anilines is 3. The van der Waals surface area contributed by atoms with Gasteiger partial charge in [-0.1, -0.05) is 54.6 Å². The van der Waals surface area contributed by atoms with Gasteiger partial charge in [-0.25, -0.2) is 4.68 Å². The Hall–Kier alpha value is -4.19. The number of hydrogen-bond donors (Lipinski definition) is 2. The second-order valence-electron chi connectivity index (χ2n) is 8.19. The highest BCUT2D eigenvalue weighted by Crippen LogP contribution is 2.27. The Labute approximate surface area is 193 Å². The van der Waals surface area contributed by atoms with Crippen molar-refractivity contribution in [2.24, 2.45) is 0 Å². The first kappa shape index (κ1) is 20.7. The summed E-state index contributed by atoms with van der Waals surface area (Å²) in [6, 6.07) is 26.8. The van der Waals surface area contributed by atoms with Crippen molar-refractivity contribution < 1.29 is 0 Å². The SMILES string of the molecule is Cc1cc(C)cc(Nc2nc(NCCc3ccccc3)nc3c2cnn3-c2ccccc2)c1. The number of aromatic nitrogens is 4. The lowest BCUT2D eigenvalue weighted by Gasteiger charge is -2.12. The first-order valence-electron chi connectivity index (χ1n) is 11.1. The summed E-state index contributed by atoms with van der Waals surface area (Å²) >= 11 is 0. The molecule has 0 saturated carbocycles. The lowest BCUT2D eigenvalue weighted by molar-refractivity contribution is 0.893. The number of nitrogens with one attached hydrogen (secondary N) is 2. The number of aryl methyl sites for hydroxylation is 2. The first-order chi connectivity index (χ1) is 16.2. The standard InChI is InChI=1S/C27H26N6/c1-19-15-20(2)17-22(16-19)30-25-24-18-29-33(23-11-7-4-8-12-23)26(24)32-27(31-25)28-14-13-21-9-5-3-6-10-21/h3-12,15-18H,13-14H2,1-2H3,(H2,28,30,31,32). The topological polar surface area (TPSA) is 67.7 Å². The van der Waals surface area contributed by atoms with E-state index in [0.717, 1.165) is 41.2 Å². The number of benzene rings is 3. The highest BCUT2D eigenvalue weighted by molar-refractivity contribution is 5.90. The van der Waals surface area contributed by atoms with Crippen molar-refractivity contribution in [2.75, 3.05) is 17.2 Å². The molecular weight excluding hydrogens is 408 g/mol. The van der Waals surface area contributed by atoms with E-state index in [-0.39, 0.29) is 0 Å². The van der Waals surface area contributed by atoms with Crippen LogP contribution in [0.15, 0.2) is 85.1 Å². The fourth-order valence-corrected chi connectivity index (χ4v) is 3.99. The van der Waals surface area contributed by atoms with Crippen molar-refractivity contribution in [3.63, 3.8) is 0 Å². The van der Waals surface area contributed by atoms with E-state index in [9.17, 15) is 0 Å². The summed E-state index contributed by atoms with van der Waals surface area (Å²) < 4.78 is 1.85. The number of rotatable bonds is 7. The third kappa shape index (κ3) is 4.70. The fourth-order valence-electron chi connectivity index (χ4n) is 3.99. The van der Waals surface area contributed by atoms with Gasteiger partial charge in [-0.3, -0.25) is 0 Å². The van der Waals surface area contributed by atoms with E-state index in [1.54, 1.807) is 0 Å². The molecule has 0 fully saturated rings. The van der Waals surface area contributed by atoms with Crippen LogP contribution in [-0.4, -0.2) is 26.3 Å². The quantitative estimate of drug-likeness (QED) is 0.337. The van der Waals surface area contributed by atoms with Gasteiger partial charge in [0, 0.05) is 12.2 Å². The van der Waals surface area contributed by atoms with E-state index in [4.69, 9.17) is 9.97 Å². The van der Waals surface area contributed by atoms with Crippen LogP contribution in [0.1, 0.15) is 16.7 Å². The Morgan fingerprint density at radius 3 is 2.24 bits per heavy atom. The van der Waals surface area contributed by atoms with Crippen LogP contribution >= 0.6 is 0 Å². The summed E-state index contributed by atoms with van der Waals surface area (Å²) in [7, 11) is 0. The van der Waals surface area contributed by atoms with Crippen molar-refractivity contribution in [1.82, 2.24) is 19.7 Å². The maximum absolute atomic E-state index is 4.82. The van der Waals surface area contributed by atoms with E-state index in [0.29, 0.717) is 5.95 Å². The minimum absolute atomic E-state index is 0.572. The van der Waals surface area contributed by atoms with Crippen LogP contribution in [0.3, 0.4) is 0 Å². The lowest BCUT2D eigenvalue weighted by Crippen LogP contribution is -2.10. The van der Waals surface area contributed by atoms with Gasteiger partial charge in [-0.2, -0.15) is 15.1 Å². The summed E-state index contributed by atoms with van der Waals surface area (Å²) in [5.74, 6) is 1.30. The molecule has 2 aromatic heterocycles. The number of fused-ring (bicyclic) bond motifs is 1. The van der Waals surface area contributed by atoms with Gasteiger partial charge in [0.2, 0.25) is 5.95 Å². The van der Waals surface area contributed by atoms with Crippen molar-refractivity contribution in [3.8, 4) is 5.69 Å². The second-order valence-corrected chi connectivity index (χ2v) is 8.19. The van der Waals surface area contributed by atoms with Gasteiger partial charge in [-0.15, -0.1) is 0 Å². The predicted octanol–water partition coefficient (Wildman–Crippen LogP) is 5.83. The van der Waals surface area contributed by atoms with E-state index in [2.05, 4.69) is 72.0 Å². The zero-order valence-corrected chi connectivity index (χ0v) is 18.8. The average molecular weight is 435 g/mol. The molecule has 33 heavy (non-hydrogen) atoms. The van der Waals surface area contributed by atoms with Crippen molar-refractivity contribution in [3.05, 3.63) is 102 Å². The average Bonchev–Trinajstić information content (AvgIpc) is 3.24. The van der Waals surface area contributed by atoms with E-state index < -0.39 is 0 Å². The van der Waals surface area contributed by atoms with Gasteiger partial charge in [0.1, 0.15) is 5.82 Å². The van der Waals surface area contributed by atoms with Gasteiger partial charge in [0.05, 0.1) is 17.3 Å². The zero-order chi connectivity index (χ0) is 22.6. The monoisotopic (exact) mass is 434 g/mol. The molecule has 2 heterocycles. The minimum Gasteiger partial charge on any atom is -0.354 e. The molecule has 5 aromatic rings. The predicted molar refractivity (Wildman–Crippen MR) is 134 cm³/mol. The van der Waals surface area contributed by atoms with Gasteiger partial charge in [0.25, 0.3) is 0 Å². The largest absolute Gasteiger partial charge is 0.354 e. The molecule has 0 aliphatic heterocycles. The second kappa shape index (κ2) is 9.12. The number of hydrogen-bond acceptors (Lipinski definition) is 5. The van der Waals surface area contributed by atoms with Crippen LogP contribution < -0.4 is 10.6 Å². The molecule has 0 aliphatic rings. The first-order valence-corrected chi connectivity index (χ1v) is 11.1. The highest BCUT2D eigenvalue weighted by Gasteiger charge is 2.15. The Morgan fingerprint density at radius 2 is 1.52 bits per heavy atom. The zero-order valence-electron chi connectivity index (χ0n) is 18.8. The van der Waals surface area contributed by atoms with E-state index >= 15 is 0 Å². The molecule has 2 N–H and O–H groups in total. The Kier molecular flexibility index (Phi) is 5.72. The smallest absolute Gasteiger partial charge is 0.226 e. The normalized spacial score (nSPS) is 11.0. The van der Waals surface area contributed by atoms with Crippen LogP contribution in [0.25, 0.3) is 16.7 Å². The van der Waals surface area contributed by atoms with Crippen molar-refractivity contribution >= 4 is 28.5 Å². The van der Waals surface area contributed by atoms with Crippen molar-refractivity contribution in [2.45, 2.75) is 20.3 Å². The maximum Gasteiger partial charge on any atom is 0.226 e. The molecule has 0 unspecified atom stereocenters. The van der Waals surface area contributed by atoms with Gasteiger partial charge in [0.15, 0.2) is 5.65 Å². The third-order valence-electron chi connectivity index (χ3n) is 5.45. The summed E-state index contributed by atoms with van der Waals surface area (Å²) in [5, 5.41) is 12.4. The minimum atomic E-state index is 0.572. The van der Waals surface area contributed by atoms with Crippen molar-refractivity contribution in [1.29, 1.82) is 0 Å². The lowest BCUT2D eigenvalue weighted by atomic mass is 10.1. The Bertz CT molecular complexity index is 1360. The molecule has 0 bridgehead atoms. The van der Waals surface area contributed by atoms with Gasteiger partial charge in [-0.05, 0) is 61.2 Å². The fraction of sp³-hybridized carbons (Fsp3) is 0.148. The molecule has 0 spiro atoms. The van der Waals surface area contributed by atoms with E-state index in [1.807, 2.05) is 47.3 Å². The molecule has 0 atom stereocenters. The molecule has 164 valence electrons. The summed E-state index contributed by atoms with van der Waals surface area (Å²) in [6.45, 7) is 4.92. The Balaban J connectivity index is 1.51. The van der Waals surface area contributed by atoms with Gasteiger partial charge >= 0.3 is 0 Å². The van der Waals surface area contributed by atoms with Crippen LogP contribution in [-0.2, 0) is 6.42 Å². The maximum atomic E-state index is 4.82. The van der Waals surface area contributed by atoms with Gasteiger partial charge < -0.3 is 10.6 Å². The summed E-state index contributed by atoms with van der Waals surface area (Å²) in [6.07, 6.45) is 2.71. The Morgan fingerprint density at radius 1 is 0.818 bits per heavy atom. The summed E-state index contributed by atoms with van der Waals surface area (Å²) in [4.78, 5) is 9.63. The van der Waals surface area contributed by atoms with Crippen LogP contribution in [0.5, 0.6) is 0 Å². The molecule has 3 aromatic carbocycles. The molecule has 0 saturated heterocycles. The van der Waals surface area contributed by atoms with Crippen LogP contribution in [0.2, 0.25) is 0 Å². The molecule has 5 rings (SSSR count). The molecule has 0 aliphatic carbocycles. The van der Waals surface area contributed by atoms with Crippen LogP contribution in [0.4, 0.5) is 17.5 Å². The van der Waals surface area contributed by atoms with E-state index in [1.165, 1.54) is 16.7 Å². The third-order valence-corrected chi connectivity index (χ3v) is 5.45. The van der Waals surface area contributed by atoms with Crippen LogP contribution in [0, 0.1) is 13.8 Å².